The Morgan fingerprint density at radius 2 is 1.67 bits per heavy atom. The van der Waals surface area contributed by atoms with Gasteiger partial charge in [0, 0.05) is 50.4 Å². The van der Waals surface area contributed by atoms with Crippen molar-refractivity contribution in [2.24, 2.45) is 0 Å². The molecule has 0 spiro atoms. The van der Waals surface area contributed by atoms with Crippen LogP contribution in [0.2, 0.25) is 0 Å². The molecule has 0 aliphatic carbocycles. The molecule has 0 bridgehead atoms. The summed E-state index contributed by atoms with van der Waals surface area (Å²) in [6, 6.07) is 4.51. The van der Waals surface area contributed by atoms with Gasteiger partial charge in [-0.3, -0.25) is 9.78 Å². The quantitative estimate of drug-likeness (QED) is 0.693. The molecule has 180 valence electrons. The molecular weight excluding hydrogens is 414 g/mol. The minimum Gasteiger partial charge on any atom is -0.338 e. The van der Waals surface area contributed by atoms with Crippen molar-refractivity contribution < 1.29 is 9.59 Å². The maximum atomic E-state index is 13.5. The molecule has 1 aromatic heterocycles. The summed E-state index contributed by atoms with van der Waals surface area (Å²) in [7, 11) is 0. The first-order valence-electron chi connectivity index (χ1n) is 12.7. The van der Waals surface area contributed by atoms with E-state index in [-0.39, 0.29) is 17.9 Å². The third kappa shape index (κ3) is 5.75. The summed E-state index contributed by atoms with van der Waals surface area (Å²) in [6.45, 7) is 11.6. The van der Waals surface area contributed by atoms with E-state index in [9.17, 15) is 9.59 Å². The number of hydrogen-bond acceptors (Lipinski definition) is 4. The number of carbonyl (C=O) groups is 2. The number of pyridine rings is 1. The van der Waals surface area contributed by atoms with Crippen molar-refractivity contribution in [1.82, 2.24) is 25.0 Å². The van der Waals surface area contributed by atoms with Gasteiger partial charge in [-0.15, -0.1) is 6.58 Å². The summed E-state index contributed by atoms with van der Waals surface area (Å²) >= 11 is 0. The highest BCUT2D eigenvalue weighted by molar-refractivity contribution is 5.95. The van der Waals surface area contributed by atoms with Gasteiger partial charge in [0.25, 0.3) is 5.91 Å². The van der Waals surface area contributed by atoms with Crippen molar-refractivity contribution >= 4 is 11.9 Å². The smallest absolute Gasteiger partial charge is 0.317 e. The molecule has 3 aliphatic rings. The highest BCUT2D eigenvalue weighted by Crippen LogP contribution is 2.31. The van der Waals surface area contributed by atoms with Crippen LogP contribution in [0.1, 0.15) is 72.6 Å². The molecule has 0 aromatic carbocycles. The van der Waals surface area contributed by atoms with E-state index >= 15 is 0 Å². The van der Waals surface area contributed by atoms with Gasteiger partial charge in [-0.2, -0.15) is 0 Å². The second-order valence-electron chi connectivity index (χ2n) is 9.74. The predicted octanol–water partition coefficient (Wildman–Crippen LogP) is 3.56. The van der Waals surface area contributed by atoms with Crippen molar-refractivity contribution in [1.29, 1.82) is 0 Å². The number of carbonyl (C=O) groups excluding carboxylic acids is 2. The van der Waals surface area contributed by atoms with Gasteiger partial charge in [-0.05, 0) is 70.7 Å². The largest absolute Gasteiger partial charge is 0.338 e. The Morgan fingerprint density at radius 1 is 1.00 bits per heavy atom. The molecule has 4 rings (SSSR count). The normalized spacial score (nSPS) is 21.1. The van der Waals surface area contributed by atoms with Crippen LogP contribution in [0.5, 0.6) is 0 Å². The molecule has 3 saturated heterocycles. The Morgan fingerprint density at radius 3 is 2.33 bits per heavy atom. The lowest BCUT2D eigenvalue weighted by molar-refractivity contribution is 0.0587. The zero-order chi connectivity index (χ0) is 23.2. The Balaban J connectivity index is 1.38. The van der Waals surface area contributed by atoms with Crippen molar-refractivity contribution in [3.05, 3.63) is 41.7 Å². The molecule has 33 heavy (non-hydrogen) atoms. The fourth-order valence-electron chi connectivity index (χ4n) is 5.58. The molecule has 0 radical (unpaired) electrons. The van der Waals surface area contributed by atoms with Crippen LogP contribution in [0.3, 0.4) is 0 Å². The molecule has 0 saturated carbocycles. The molecule has 4 heterocycles. The maximum absolute atomic E-state index is 13.5. The van der Waals surface area contributed by atoms with E-state index in [1.54, 1.807) is 6.08 Å². The molecule has 3 aliphatic heterocycles. The SMILES string of the molecule is C=CCNC(=O)N1CCC(c2nc(C)ccc2C(=O)N2CCC(N3CCCCC3)CC2)CC1. The first-order valence-corrected chi connectivity index (χ1v) is 12.7. The number of urea groups is 1. The number of hydrogen-bond donors (Lipinski definition) is 1. The highest BCUT2D eigenvalue weighted by atomic mass is 16.2. The number of likely N-dealkylation sites (tertiary alicyclic amines) is 3. The summed E-state index contributed by atoms with van der Waals surface area (Å²) in [5, 5.41) is 2.85. The molecular formula is C26H39N5O2. The summed E-state index contributed by atoms with van der Waals surface area (Å²) in [4.78, 5) is 37.2. The predicted molar refractivity (Wildman–Crippen MR) is 130 cm³/mol. The molecule has 7 nitrogen and oxygen atoms in total. The Bertz CT molecular complexity index is 835. The molecule has 3 amide bonds. The van der Waals surface area contributed by atoms with Gasteiger partial charge in [0.15, 0.2) is 0 Å². The third-order valence-electron chi connectivity index (χ3n) is 7.52. The molecule has 3 fully saturated rings. The minimum atomic E-state index is -0.0431. The van der Waals surface area contributed by atoms with Crippen LogP contribution in [0.15, 0.2) is 24.8 Å². The maximum Gasteiger partial charge on any atom is 0.317 e. The van der Waals surface area contributed by atoms with Gasteiger partial charge in [-0.25, -0.2) is 4.79 Å². The van der Waals surface area contributed by atoms with Crippen molar-refractivity contribution in [2.75, 3.05) is 45.8 Å². The second-order valence-corrected chi connectivity index (χ2v) is 9.74. The van der Waals surface area contributed by atoms with Crippen molar-refractivity contribution in [2.45, 2.75) is 63.8 Å². The van der Waals surface area contributed by atoms with Gasteiger partial charge in [0.05, 0.1) is 11.3 Å². The van der Waals surface area contributed by atoms with Crippen LogP contribution in [0.25, 0.3) is 0 Å². The van der Waals surface area contributed by atoms with E-state index < -0.39 is 0 Å². The van der Waals surface area contributed by atoms with Gasteiger partial charge >= 0.3 is 6.03 Å². The number of aryl methyl sites for hydroxylation is 1. The van der Waals surface area contributed by atoms with Gasteiger partial charge in [0.1, 0.15) is 0 Å². The van der Waals surface area contributed by atoms with Crippen LogP contribution in [0.4, 0.5) is 4.79 Å². The minimum absolute atomic E-state index is 0.0431. The van der Waals surface area contributed by atoms with Gasteiger partial charge < -0.3 is 20.0 Å². The lowest BCUT2D eigenvalue weighted by Crippen LogP contribution is -2.48. The summed E-state index contributed by atoms with van der Waals surface area (Å²) < 4.78 is 0. The summed E-state index contributed by atoms with van der Waals surface area (Å²) in [5.74, 6) is 0.332. The summed E-state index contributed by atoms with van der Waals surface area (Å²) in [5.41, 5.74) is 2.62. The first-order chi connectivity index (χ1) is 16.1. The van der Waals surface area contributed by atoms with Gasteiger partial charge in [0.2, 0.25) is 0 Å². The van der Waals surface area contributed by atoms with Crippen LogP contribution >= 0.6 is 0 Å². The molecule has 7 heteroatoms. The number of rotatable bonds is 5. The van der Waals surface area contributed by atoms with Crippen LogP contribution in [0, 0.1) is 6.92 Å². The Hall–Kier alpha value is -2.41. The standard InChI is InChI=1S/C26H39N5O2/c1-3-13-27-26(33)31-16-9-21(10-17-31)24-23(8-7-20(2)28-24)25(32)30-18-11-22(12-19-30)29-14-5-4-6-15-29/h3,7-8,21-22H,1,4-6,9-19H2,2H3,(H,27,33). The Kier molecular flexibility index (Phi) is 8.02. The van der Waals surface area contributed by atoms with Crippen molar-refractivity contribution in [3.8, 4) is 0 Å². The number of aromatic nitrogens is 1. The average molecular weight is 454 g/mol. The Labute approximate surface area is 198 Å². The van der Waals surface area contributed by atoms with Gasteiger partial charge in [-0.1, -0.05) is 12.5 Å². The van der Waals surface area contributed by atoms with Crippen LogP contribution < -0.4 is 5.32 Å². The fourth-order valence-corrected chi connectivity index (χ4v) is 5.58. The molecule has 0 atom stereocenters. The van der Waals surface area contributed by atoms with Crippen LogP contribution in [-0.4, -0.2) is 83.5 Å². The van der Waals surface area contributed by atoms with E-state index in [2.05, 4.69) is 16.8 Å². The molecule has 1 aromatic rings. The zero-order valence-electron chi connectivity index (χ0n) is 20.1. The first kappa shape index (κ1) is 23.7. The van der Waals surface area contributed by atoms with E-state index in [4.69, 9.17) is 4.98 Å². The average Bonchev–Trinajstić information content (AvgIpc) is 2.87. The van der Waals surface area contributed by atoms with E-state index in [0.717, 1.165) is 55.7 Å². The number of nitrogens with zero attached hydrogens (tertiary/aromatic N) is 4. The second kappa shape index (κ2) is 11.1. The molecule has 0 unspecified atom stereocenters. The van der Waals surface area contributed by atoms with E-state index in [1.807, 2.05) is 28.9 Å². The van der Waals surface area contributed by atoms with Crippen molar-refractivity contribution in [3.63, 3.8) is 0 Å². The van der Waals surface area contributed by atoms with Crippen LogP contribution in [-0.2, 0) is 0 Å². The van der Waals surface area contributed by atoms with E-state index in [1.165, 1.54) is 32.4 Å². The third-order valence-corrected chi connectivity index (χ3v) is 7.52. The summed E-state index contributed by atoms with van der Waals surface area (Å²) in [6.07, 6.45) is 9.46. The van der Waals surface area contributed by atoms with E-state index in [0.29, 0.717) is 25.7 Å². The lowest BCUT2D eigenvalue weighted by Gasteiger charge is -2.40. The lowest BCUT2D eigenvalue weighted by atomic mass is 9.89. The number of piperidine rings is 3. The topological polar surface area (TPSA) is 68.8 Å². The fraction of sp³-hybridized carbons (Fsp3) is 0.654. The zero-order valence-corrected chi connectivity index (χ0v) is 20.1. The monoisotopic (exact) mass is 453 g/mol. The highest BCUT2D eigenvalue weighted by Gasteiger charge is 2.32. The number of amides is 3. The number of nitrogens with one attached hydrogen (secondary N) is 1. The molecule has 1 N–H and O–H groups in total.